The number of hydrogen-bond donors (Lipinski definition) is 0. The van der Waals surface area contributed by atoms with Gasteiger partial charge in [-0.1, -0.05) is 43.5 Å². The van der Waals surface area contributed by atoms with E-state index in [4.69, 9.17) is 21.7 Å². The fourth-order valence-electron chi connectivity index (χ4n) is 3.01. The highest BCUT2D eigenvalue weighted by Crippen LogP contribution is 2.47. The van der Waals surface area contributed by atoms with Gasteiger partial charge in [0.2, 0.25) is 0 Å². The molecule has 0 amide bonds. The van der Waals surface area contributed by atoms with Crippen molar-refractivity contribution >= 4 is 42.4 Å². The van der Waals surface area contributed by atoms with E-state index in [1.54, 1.807) is 11.8 Å². The normalized spacial score (nSPS) is 12.7. The maximum atomic E-state index is 6.35. The molecule has 138 valence electrons. The first-order valence-corrected chi connectivity index (χ1v) is 13.7. The third-order valence-electron chi connectivity index (χ3n) is 4.33. The third kappa shape index (κ3) is 3.77. The van der Waals surface area contributed by atoms with Crippen LogP contribution in [0.5, 0.6) is 17.2 Å². The molecule has 0 bridgehead atoms. The van der Waals surface area contributed by atoms with Crippen LogP contribution in [0.4, 0.5) is 0 Å². The van der Waals surface area contributed by atoms with Gasteiger partial charge >= 0.3 is 0 Å². The summed E-state index contributed by atoms with van der Waals surface area (Å²) >= 11 is 7.28. The van der Waals surface area contributed by atoms with Crippen molar-refractivity contribution in [2.24, 2.45) is 0 Å². The summed E-state index contributed by atoms with van der Waals surface area (Å²) in [4.78, 5) is 4.34. The van der Waals surface area contributed by atoms with Gasteiger partial charge in [0.15, 0.2) is 0 Å². The zero-order chi connectivity index (χ0) is 18.9. The molecule has 0 unspecified atom stereocenters. The Hall–Kier alpha value is -1.50. The Labute approximate surface area is 166 Å². The average molecular weight is 404 g/mol. The second-order valence-corrected chi connectivity index (χ2v) is 13.6. The third-order valence-corrected chi connectivity index (χ3v) is 7.75. The summed E-state index contributed by atoms with van der Waals surface area (Å²) in [5, 5.41) is 1.71. The van der Waals surface area contributed by atoms with E-state index >= 15 is 0 Å². The van der Waals surface area contributed by atoms with E-state index in [2.05, 4.69) is 45.6 Å². The molecule has 0 N–H and O–H groups in total. The van der Waals surface area contributed by atoms with Crippen LogP contribution in [-0.4, -0.2) is 31.2 Å². The lowest BCUT2D eigenvalue weighted by Crippen LogP contribution is -2.42. The minimum atomic E-state index is -1.74. The van der Waals surface area contributed by atoms with E-state index in [1.807, 2.05) is 29.2 Å². The second-order valence-electron chi connectivity index (χ2n) is 7.21. The molecular weight excluding hydrogens is 378 g/mol. The molecule has 2 aromatic carbocycles. The van der Waals surface area contributed by atoms with Crippen molar-refractivity contribution in [2.75, 3.05) is 13.1 Å². The number of para-hydroxylation sites is 1. The van der Waals surface area contributed by atoms with E-state index in [9.17, 15) is 0 Å². The number of hydrogen-bond acceptors (Lipinski definition) is 4. The van der Waals surface area contributed by atoms with Gasteiger partial charge in [-0.3, -0.25) is 0 Å². The van der Waals surface area contributed by atoms with Crippen molar-refractivity contribution in [3.05, 3.63) is 36.4 Å². The number of rotatable bonds is 4. The van der Waals surface area contributed by atoms with Crippen molar-refractivity contribution < 1.29 is 9.47 Å². The van der Waals surface area contributed by atoms with Crippen LogP contribution in [0.1, 0.15) is 13.8 Å². The van der Waals surface area contributed by atoms with E-state index in [1.165, 1.54) is 5.19 Å². The molecule has 0 saturated carbocycles. The summed E-state index contributed by atoms with van der Waals surface area (Å²) in [5.41, 5.74) is 0. The molecule has 1 heterocycles. The first-order chi connectivity index (χ1) is 12.3. The maximum absolute atomic E-state index is 6.35. The number of thiocarbonyl (C=S) groups is 1. The predicted octanol–water partition coefficient (Wildman–Crippen LogP) is 5.49. The van der Waals surface area contributed by atoms with Crippen LogP contribution in [0.3, 0.4) is 0 Å². The van der Waals surface area contributed by atoms with Crippen molar-refractivity contribution in [1.82, 2.24) is 4.90 Å². The summed E-state index contributed by atoms with van der Waals surface area (Å²) in [6.07, 6.45) is 0. The molecule has 1 aliphatic heterocycles. The molecule has 1 aliphatic rings. The highest BCUT2D eigenvalue weighted by molar-refractivity contribution is 7.99. The molecule has 0 aromatic heterocycles. The van der Waals surface area contributed by atoms with Gasteiger partial charge in [0.1, 0.15) is 17.2 Å². The molecule has 2 aromatic rings. The minimum Gasteiger partial charge on any atom is -0.455 e. The van der Waals surface area contributed by atoms with Crippen LogP contribution in [0.15, 0.2) is 46.2 Å². The summed E-state index contributed by atoms with van der Waals surface area (Å²) < 4.78 is 12.5. The summed E-state index contributed by atoms with van der Waals surface area (Å²) in [5.74, 6) is 2.68. The van der Waals surface area contributed by atoms with Gasteiger partial charge in [-0.05, 0) is 50.3 Å². The molecule has 6 heteroatoms. The van der Waals surface area contributed by atoms with Gasteiger partial charge < -0.3 is 14.4 Å². The van der Waals surface area contributed by atoms with Crippen LogP contribution < -0.4 is 14.7 Å². The number of fused-ring (bicyclic) bond motifs is 2. The Morgan fingerprint density at radius 2 is 1.77 bits per heavy atom. The Morgan fingerprint density at radius 3 is 2.42 bits per heavy atom. The minimum absolute atomic E-state index is 0.526. The monoisotopic (exact) mass is 403 g/mol. The van der Waals surface area contributed by atoms with Crippen molar-refractivity contribution in [3.63, 3.8) is 0 Å². The molecule has 0 spiro atoms. The first kappa shape index (κ1) is 19.3. The quantitative estimate of drug-likeness (QED) is 0.423. The zero-order valence-corrected chi connectivity index (χ0v) is 18.6. The molecule has 3 nitrogen and oxygen atoms in total. The fourth-order valence-corrected chi connectivity index (χ4v) is 6.16. The van der Waals surface area contributed by atoms with Gasteiger partial charge in [0.25, 0.3) is 5.17 Å². The predicted molar refractivity (Wildman–Crippen MR) is 116 cm³/mol. The van der Waals surface area contributed by atoms with Crippen LogP contribution >= 0.6 is 24.0 Å². The molecular formula is C20H25NO2S2Si. The summed E-state index contributed by atoms with van der Waals surface area (Å²) in [7, 11) is -1.74. The molecule has 3 rings (SSSR count). The first-order valence-electron chi connectivity index (χ1n) is 8.94. The van der Waals surface area contributed by atoms with E-state index < -0.39 is 8.07 Å². The van der Waals surface area contributed by atoms with Crippen LogP contribution in [0.25, 0.3) is 0 Å². The Bertz CT molecular complexity index is 829. The van der Waals surface area contributed by atoms with E-state index in [-0.39, 0.29) is 0 Å². The average Bonchev–Trinajstić information content (AvgIpc) is 2.59. The molecule has 0 radical (unpaired) electrons. The van der Waals surface area contributed by atoms with Gasteiger partial charge in [0, 0.05) is 18.3 Å². The standard InChI is InChI=1S/C20H25NO2S2Si/c1-6-21(7-2)20(24)23-15-12-13-17-18(19(15)26(3,4)5)22-14-10-8-9-11-16(14)25-17/h8-13H,6-7H2,1-5H3. The lowest BCUT2D eigenvalue weighted by atomic mass is 10.3. The highest BCUT2D eigenvalue weighted by Gasteiger charge is 2.32. The number of ether oxygens (including phenoxy) is 2. The topological polar surface area (TPSA) is 21.7 Å². The SMILES string of the molecule is CCN(CC)C(=S)Oc1ccc2c(c1[Si](C)(C)C)Oc1ccccc1S2. The van der Waals surface area contributed by atoms with Crippen molar-refractivity contribution in [2.45, 2.75) is 43.3 Å². The zero-order valence-electron chi connectivity index (χ0n) is 16.0. The van der Waals surface area contributed by atoms with Crippen LogP contribution in [-0.2, 0) is 0 Å². The Kier molecular flexibility index (Phi) is 5.65. The van der Waals surface area contributed by atoms with Gasteiger partial charge in [0.05, 0.1) is 17.9 Å². The molecule has 0 fully saturated rings. The lowest BCUT2D eigenvalue weighted by molar-refractivity contribution is 0.378. The van der Waals surface area contributed by atoms with Crippen LogP contribution in [0, 0.1) is 0 Å². The molecule has 0 atom stereocenters. The van der Waals surface area contributed by atoms with Crippen molar-refractivity contribution in [1.29, 1.82) is 0 Å². The Balaban J connectivity index is 2.04. The molecule has 0 aliphatic carbocycles. The maximum Gasteiger partial charge on any atom is 0.264 e. The largest absolute Gasteiger partial charge is 0.455 e. The lowest BCUT2D eigenvalue weighted by Gasteiger charge is -2.30. The van der Waals surface area contributed by atoms with E-state index in [0.29, 0.717) is 5.17 Å². The number of benzene rings is 2. The second kappa shape index (κ2) is 7.62. The molecule has 0 saturated heterocycles. The molecule has 26 heavy (non-hydrogen) atoms. The fraction of sp³-hybridized carbons (Fsp3) is 0.350. The number of nitrogens with zero attached hydrogens (tertiary/aromatic N) is 1. The van der Waals surface area contributed by atoms with E-state index in [0.717, 1.165) is 40.1 Å². The van der Waals surface area contributed by atoms with Gasteiger partial charge in [-0.2, -0.15) is 0 Å². The summed E-state index contributed by atoms with van der Waals surface area (Å²) in [6.45, 7) is 12.8. The highest BCUT2D eigenvalue weighted by atomic mass is 32.2. The Morgan fingerprint density at radius 1 is 1.08 bits per heavy atom. The van der Waals surface area contributed by atoms with Crippen molar-refractivity contribution in [3.8, 4) is 17.2 Å². The van der Waals surface area contributed by atoms with Gasteiger partial charge in [-0.15, -0.1) is 0 Å². The smallest absolute Gasteiger partial charge is 0.264 e. The van der Waals surface area contributed by atoms with Gasteiger partial charge in [-0.25, -0.2) is 0 Å². The van der Waals surface area contributed by atoms with Crippen LogP contribution in [0.2, 0.25) is 19.6 Å². The summed E-state index contributed by atoms with van der Waals surface area (Å²) in [6, 6.07) is 12.3.